The molecule has 5 nitrogen and oxygen atoms in total. The number of piperidine rings is 1. The topological polar surface area (TPSA) is 49.9 Å². The molecule has 3 rings (SSSR count). The number of carbonyl (C=O) groups excluding carboxylic acids is 2. The predicted molar refractivity (Wildman–Crippen MR) is 98.7 cm³/mol. The number of hydrogen-bond acceptors (Lipinski definition) is 4. The van der Waals surface area contributed by atoms with Gasteiger partial charge in [0.05, 0.1) is 6.04 Å². The van der Waals surface area contributed by atoms with E-state index in [9.17, 15) is 9.59 Å². The lowest BCUT2D eigenvalue weighted by atomic mass is 9.92. The Morgan fingerprint density at radius 2 is 1.88 bits per heavy atom. The molecule has 1 atom stereocenters. The van der Waals surface area contributed by atoms with Gasteiger partial charge in [0, 0.05) is 30.4 Å². The summed E-state index contributed by atoms with van der Waals surface area (Å²) in [5.41, 5.74) is 0.821. The predicted octanol–water partition coefficient (Wildman–Crippen LogP) is 3.84. The van der Waals surface area contributed by atoms with Gasteiger partial charge in [0.1, 0.15) is 5.60 Å². The van der Waals surface area contributed by atoms with Crippen molar-refractivity contribution in [2.24, 2.45) is 5.92 Å². The van der Waals surface area contributed by atoms with Gasteiger partial charge in [-0.1, -0.05) is 0 Å². The lowest BCUT2D eigenvalue weighted by Gasteiger charge is -2.39. The van der Waals surface area contributed by atoms with Crippen LogP contribution in [-0.4, -0.2) is 47.0 Å². The highest BCUT2D eigenvalue weighted by Gasteiger charge is 2.35. The van der Waals surface area contributed by atoms with Gasteiger partial charge < -0.3 is 14.5 Å². The van der Waals surface area contributed by atoms with Crippen LogP contribution in [0.5, 0.6) is 0 Å². The minimum absolute atomic E-state index is 0.0151. The summed E-state index contributed by atoms with van der Waals surface area (Å²) >= 11 is 1.79. The highest BCUT2D eigenvalue weighted by atomic mass is 32.1. The summed E-state index contributed by atoms with van der Waals surface area (Å²) in [4.78, 5) is 30.3. The maximum Gasteiger partial charge on any atom is 0.410 e. The van der Waals surface area contributed by atoms with Crippen LogP contribution in [-0.2, 0) is 16.0 Å². The number of carbonyl (C=O) groups is 2. The first-order valence-corrected chi connectivity index (χ1v) is 9.99. The molecule has 2 amide bonds. The Morgan fingerprint density at radius 3 is 2.52 bits per heavy atom. The Kier molecular flexibility index (Phi) is 5.09. The minimum Gasteiger partial charge on any atom is -0.444 e. The number of thiophene rings is 1. The molecule has 25 heavy (non-hydrogen) atoms. The molecular formula is C19H28N2O3S. The molecular weight excluding hydrogens is 336 g/mol. The van der Waals surface area contributed by atoms with Crippen LogP contribution in [0.2, 0.25) is 0 Å². The Hall–Kier alpha value is -1.56. The van der Waals surface area contributed by atoms with Crippen LogP contribution in [0.4, 0.5) is 4.79 Å². The van der Waals surface area contributed by atoms with E-state index in [1.54, 1.807) is 16.2 Å². The summed E-state index contributed by atoms with van der Waals surface area (Å²) in [7, 11) is 0. The molecule has 1 aromatic heterocycles. The molecule has 0 aliphatic carbocycles. The zero-order valence-electron chi connectivity index (χ0n) is 15.6. The van der Waals surface area contributed by atoms with E-state index >= 15 is 0 Å². The summed E-state index contributed by atoms with van der Waals surface area (Å²) in [6, 6.07) is 2.31. The van der Waals surface area contributed by atoms with Crippen molar-refractivity contribution in [1.82, 2.24) is 9.80 Å². The molecule has 1 fully saturated rings. The number of hydrogen-bond donors (Lipinski definition) is 0. The zero-order valence-corrected chi connectivity index (χ0v) is 16.4. The first-order chi connectivity index (χ1) is 11.8. The van der Waals surface area contributed by atoms with Gasteiger partial charge in [-0.25, -0.2) is 4.79 Å². The average Bonchev–Trinajstić information content (AvgIpc) is 3.03. The number of amides is 2. The van der Waals surface area contributed by atoms with Crippen LogP contribution in [0, 0.1) is 5.92 Å². The van der Waals surface area contributed by atoms with Crippen LogP contribution < -0.4 is 0 Å². The van der Waals surface area contributed by atoms with E-state index in [1.165, 1.54) is 10.4 Å². The van der Waals surface area contributed by atoms with E-state index in [-0.39, 0.29) is 24.0 Å². The summed E-state index contributed by atoms with van der Waals surface area (Å²) < 4.78 is 5.43. The second-order valence-electron chi connectivity index (χ2n) is 8.00. The molecule has 2 aliphatic heterocycles. The van der Waals surface area contributed by atoms with Crippen LogP contribution in [0.25, 0.3) is 0 Å². The van der Waals surface area contributed by atoms with Crippen molar-refractivity contribution >= 4 is 23.3 Å². The van der Waals surface area contributed by atoms with Crippen molar-refractivity contribution in [1.29, 1.82) is 0 Å². The molecule has 3 heterocycles. The molecule has 6 heteroatoms. The molecule has 0 spiro atoms. The molecule has 0 aromatic carbocycles. The van der Waals surface area contributed by atoms with E-state index in [0.717, 1.165) is 25.8 Å². The van der Waals surface area contributed by atoms with Gasteiger partial charge in [0.25, 0.3) is 0 Å². The Morgan fingerprint density at radius 1 is 1.20 bits per heavy atom. The molecule has 0 bridgehead atoms. The summed E-state index contributed by atoms with van der Waals surface area (Å²) in [6.45, 7) is 9.74. The van der Waals surface area contributed by atoms with Crippen LogP contribution in [0.3, 0.4) is 0 Å². The fraction of sp³-hybridized carbons (Fsp3) is 0.684. The Balaban J connectivity index is 1.56. The van der Waals surface area contributed by atoms with E-state index in [1.807, 2.05) is 25.7 Å². The van der Waals surface area contributed by atoms with Crippen molar-refractivity contribution < 1.29 is 14.3 Å². The number of nitrogens with zero attached hydrogens (tertiary/aromatic N) is 2. The van der Waals surface area contributed by atoms with Gasteiger partial charge in [0.15, 0.2) is 0 Å². The van der Waals surface area contributed by atoms with Crippen molar-refractivity contribution in [2.45, 2.75) is 58.6 Å². The largest absolute Gasteiger partial charge is 0.444 e. The van der Waals surface area contributed by atoms with Crippen molar-refractivity contribution in [3.8, 4) is 0 Å². The SMILES string of the molecule is C[C@H]1c2ccsc2CCN1C(=O)C1CCN(C(=O)OC(C)(C)C)CC1. The maximum atomic E-state index is 13.0. The average molecular weight is 365 g/mol. The second kappa shape index (κ2) is 6.98. The van der Waals surface area contributed by atoms with Gasteiger partial charge in [-0.2, -0.15) is 0 Å². The van der Waals surface area contributed by atoms with Gasteiger partial charge >= 0.3 is 6.09 Å². The number of fused-ring (bicyclic) bond motifs is 1. The summed E-state index contributed by atoms with van der Waals surface area (Å²) in [5.74, 6) is 0.259. The van der Waals surface area contributed by atoms with Gasteiger partial charge in [-0.05, 0) is 64.0 Å². The lowest BCUT2D eigenvalue weighted by Crippen LogP contribution is -2.47. The maximum absolute atomic E-state index is 13.0. The van der Waals surface area contributed by atoms with E-state index in [4.69, 9.17) is 4.74 Å². The summed E-state index contributed by atoms with van der Waals surface area (Å²) in [5, 5.41) is 2.12. The fourth-order valence-electron chi connectivity index (χ4n) is 3.68. The van der Waals surface area contributed by atoms with Crippen molar-refractivity contribution in [2.75, 3.05) is 19.6 Å². The van der Waals surface area contributed by atoms with Gasteiger partial charge in [-0.3, -0.25) is 4.79 Å². The fourth-order valence-corrected chi connectivity index (χ4v) is 4.64. The summed E-state index contributed by atoms with van der Waals surface area (Å²) in [6.07, 6.45) is 2.13. The van der Waals surface area contributed by atoms with Crippen LogP contribution >= 0.6 is 11.3 Å². The third-order valence-electron chi connectivity index (χ3n) is 5.06. The third kappa shape index (κ3) is 4.00. The monoisotopic (exact) mass is 364 g/mol. The highest BCUT2D eigenvalue weighted by molar-refractivity contribution is 7.10. The van der Waals surface area contributed by atoms with Crippen LogP contribution in [0.15, 0.2) is 11.4 Å². The molecule has 2 aliphatic rings. The standard InChI is InChI=1S/C19H28N2O3S/c1-13-15-8-12-25-16(15)7-11-21(13)17(22)14-5-9-20(10-6-14)18(23)24-19(2,3)4/h8,12-14H,5-7,9-11H2,1-4H3/t13-/m0/s1. The molecule has 0 radical (unpaired) electrons. The lowest BCUT2D eigenvalue weighted by molar-refractivity contribution is -0.139. The van der Waals surface area contributed by atoms with Crippen LogP contribution in [0.1, 0.15) is 57.0 Å². The van der Waals surface area contributed by atoms with E-state index in [2.05, 4.69) is 18.4 Å². The third-order valence-corrected chi connectivity index (χ3v) is 6.05. The zero-order chi connectivity index (χ0) is 18.2. The molecule has 0 unspecified atom stereocenters. The Bertz CT molecular complexity index is 641. The normalized spacial score (nSPS) is 21.8. The smallest absolute Gasteiger partial charge is 0.410 e. The van der Waals surface area contributed by atoms with Crippen molar-refractivity contribution in [3.05, 3.63) is 21.9 Å². The molecule has 0 N–H and O–H groups in total. The second-order valence-corrected chi connectivity index (χ2v) is 9.00. The Labute approximate surface area is 153 Å². The molecule has 1 aromatic rings. The highest BCUT2D eigenvalue weighted by Crippen LogP contribution is 2.34. The van der Waals surface area contributed by atoms with Gasteiger partial charge in [0.2, 0.25) is 5.91 Å². The van der Waals surface area contributed by atoms with Crippen molar-refractivity contribution in [3.63, 3.8) is 0 Å². The number of likely N-dealkylation sites (tertiary alicyclic amines) is 1. The molecule has 0 saturated carbocycles. The first-order valence-electron chi connectivity index (χ1n) is 9.11. The first kappa shape index (κ1) is 18.2. The van der Waals surface area contributed by atoms with Gasteiger partial charge in [-0.15, -0.1) is 11.3 Å². The minimum atomic E-state index is -0.481. The van der Waals surface area contributed by atoms with E-state index < -0.39 is 5.60 Å². The molecule has 1 saturated heterocycles. The molecule has 138 valence electrons. The number of rotatable bonds is 1. The quantitative estimate of drug-likeness (QED) is 0.761. The van der Waals surface area contributed by atoms with E-state index in [0.29, 0.717) is 13.1 Å². The number of ether oxygens (including phenoxy) is 1.